The SMILES string of the molecule is NCCC[C@H](NC(=O)CCCCCCC(=O)O)C(=O)O. The van der Waals surface area contributed by atoms with Gasteiger partial charge in [-0.05, 0) is 32.2 Å². The second kappa shape index (κ2) is 11.2. The Bertz CT molecular complexity index is 320. The van der Waals surface area contributed by atoms with Gasteiger partial charge >= 0.3 is 11.9 Å². The standard InChI is InChI=1S/C13H24N2O5/c14-9-5-6-10(13(19)20)15-11(16)7-3-1-2-4-8-12(17)18/h10H,1-9,14H2,(H,15,16)(H,17,18)(H,19,20)/t10-/m0/s1. The molecule has 0 aliphatic heterocycles. The van der Waals surface area contributed by atoms with Crippen molar-refractivity contribution in [1.29, 1.82) is 0 Å². The molecule has 20 heavy (non-hydrogen) atoms. The van der Waals surface area contributed by atoms with Crippen LogP contribution in [0.5, 0.6) is 0 Å². The van der Waals surface area contributed by atoms with E-state index in [1.165, 1.54) is 0 Å². The van der Waals surface area contributed by atoms with Gasteiger partial charge in [-0.25, -0.2) is 4.79 Å². The summed E-state index contributed by atoms with van der Waals surface area (Å²) in [6.45, 7) is 0.392. The average molecular weight is 288 g/mol. The van der Waals surface area contributed by atoms with Crippen LogP contribution in [-0.4, -0.2) is 40.6 Å². The van der Waals surface area contributed by atoms with Crippen molar-refractivity contribution in [3.8, 4) is 0 Å². The minimum Gasteiger partial charge on any atom is -0.481 e. The number of nitrogens with two attached hydrogens (primary N) is 1. The van der Waals surface area contributed by atoms with Crippen molar-refractivity contribution >= 4 is 17.8 Å². The van der Waals surface area contributed by atoms with E-state index < -0.39 is 18.0 Å². The summed E-state index contributed by atoms with van der Waals surface area (Å²) in [7, 11) is 0. The molecule has 1 amide bonds. The molecule has 0 fully saturated rings. The summed E-state index contributed by atoms with van der Waals surface area (Å²) in [5, 5.41) is 19.9. The Hall–Kier alpha value is -1.63. The number of carboxylic acid groups (broad SMARTS) is 2. The first-order chi connectivity index (χ1) is 9.47. The van der Waals surface area contributed by atoms with Crippen molar-refractivity contribution in [2.24, 2.45) is 5.73 Å². The fraction of sp³-hybridized carbons (Fsp3) is 0.769. The summed E-state index contributed by atoms with van der Waals surface area (Å²) in [6.07, 6.45) is 4.05. The van der Waals surface area contributed by atoms with E-state index in [0.717, 1.165) is 12.8 Å². The lowest BCUT2D eigenvalue weighted by Crippen LogP contribution is -2.40. The quantitative estimate of drug-likeness (QED) is 0.391. The molecule has 0 saturated carbocycles. The number of carbonyl (C=O) groups is 3. The first-order valence-electron chi connectivity index (χ1n) is 6.91. The van der Waals surface area contributed by atoms with E-state index in [4.69, 9.17) is 15.9 Å². The van der Waals surface area contributed by atoms with Crippen LogP contribution in [-0.2, 0) is 14.4 Å². The Labute approximate surface area is 118 Å². The molecule has 7 heteroatoms. The molecule has 0 radical (unpaired) electrons. The van der Waals surface area contributed by atoms with Gasteiger partial charge in [0.2, 0.25) is 5.91 Å². The Morgan fingerprint density at radius 3 is 2.05 bits per heavy atom. The second-order valence-electron chi connectivity index (χ2n) is 4.70. The monoisotopic (exact) mass is 288 g/mol. The maximum Gasteiger partial charge on any atom is 0.326 e. The first-order valence-corrected chi connectivity index (χ1v) is 6.91. The van der Waals surface area contributed by atoms with Crippen LogP contribution in [0.15, 0.2) is 0 Å². The fourth-order valence-corrected chi connectivity index (χ4v) is 1.76. The van der Waals surface area contributed by atoms with E-state index in [-0.39, 0.29) is 18.7 Å². The van der Waals surface area contributed by atoms with Crippen LogP contribution in [0.25, 0.3) is 0 Å². The predicted molar refractivity (Wildman–Crippen MR) is 73.2 cm³/mol. The molecule has 0 aliphatic rings. The maximum absolute atomic E-state index is 11.6. The third-order valence-corrected chi connectivity index (χ3v) is 2.87. The summed E-state index contributed by atoms with van der Waals surface area (Å²) >= 11 is 0. The number of rotatable bonds is 12. The van der Waals surface area contributed by atoms with Crippen LogP contribution < -0.4 is 11.1 Å². The first kappa shape index (κ1) is 18.4. The lowest BCUT2D eigenvalue weighted by molar-refractivity contribution is -0.142. The summed E-state index contributed by atoms with van der Waals surface area (Å²) in [4.78, 5) is 32.8. The zero-order chi connectivity index (χ0) is 15.4. The van der Waals surface area contributed by atoms with Crippen molar-refractivity contribution < 1.29 is 24.6 Å². The minimum atomic E-state index is -1.05. The van der Waals surface area contributed by atoms with Crippen molar-refractivity contribution in [3.63, 3.8) is 0 Å². The number of unbranched alkanes of at least 4 members (excludes halogenated alkanes) is 3. The van der Waals surface area contributed by atoms with Gasteiger partial charge in [0.15, 0.2) is 0 Å². The highest BCUT2D eigenvalue weighted by molar-refractivity contribution is 5.83. The zero-order valence-corrected chi connectivity index (χ0v) is 11.6. The molecular weight excluding hydrogens is 264 g/mol. The molecule has 5 N–H and O–H groups in total. The van der Waals surface area contributed by atoms with Gasteiger partial charge in [0.05, 0.1) is 0 Å². The number of carbonyl (C=O) groups excluding carboxylic acids is 1. The number of nitrogens with one attached hydrogen (secondary N) is 1. The highest BCUT2D eigenvalue weighted by atomic mass is 16.4. The normalized spacial score (nSPS) is 11.8. The van der Waals surface area contributed by atoms with Gasteiger partial charge in [0.25, 0.3) is 0 Å². The summed E-state index contributed by atoms with van der Waals surface area (Å²) in [5.74, 6) is -2.15. The number of amides is 1. The molecule has 0 unspecified atom stereocenters. The Balaban J connectivity index is 3.74. The molecule has 0 aromatic carbocycles. The summed E-state index contributed by atoms with van der Waals surface area (Å²) in [6, 6.07) is -0.877. The molecule has 0 aromatic rings. The van der Waals surface area contributed by atoms with Crippen LogP contribution in [0.2, 0.25) is 0 Å². The molecule has 0 spiro atoms. The van der Waals surface area contributed by atoms with Gasteiger partial charge in [-0.15, -0.1) is 0 Å². The van der Waals surface area contributed by atoms with Crippen LogP contribution >= 0.6 is 0 Å². The maximum atomic E-state index is 11.6. The van der Waals surface area contributed by atoms with Crippen molar-refractivity contribution in [3.05, 3.63) is 0 Å². The zero-order valence-electron chi connectivity index (χ0n) is 11.6. The predicted octanol–water partition coefficient (Wildman–Crippen LogP) is 0.720. The van der Waals surface area contributed by atoms with Crippen molar-refractivity contribution in [2.75, 3.05) is 6.54 Å². The van der Waals surface area contributed by atoms with Gasteiger partial charge in [0.1, 0.15) is 6.04 Å². The lowest BCUT2D eigenvalue weighted by Gasteiger charge is -2.13. The largest absolute Gasteiger partial charge is 0.481 e. The average Bonchev–Trinajstić information content (AvgIpc) is 2.37. The number of hydrogen-bond donors (Lipinski definition) is 4. The van der Waals surface area contributed by atoms with Gasteiger partial charge in [0, 0.05) is 12.8 Å². The van der Waals surface area contributed by atoms with Gasteiger partial charge in [-0.2, -0.15) is 0 Å². The van der Waals surface area contributed by atoms with Gasteiger partial charge in [-0.3, -0.25) is 9.59 Å². The molecule has 0 heterocycles. The third kappa shape index (κ3) is 10.3. The molecule has 0 aliphatic carbocycles. The molecular formula is C13H24N2O5. The second-order valence-corrected chi connectivity index (χ2v) is 4.70. The lowest BCUT2D eigenvalue weighted by atomic mass is 10.1. The van der Waals surface area contributed by atoms with Crippen LogP contribution in [0, 0.1) is 0 Å². The van der Waals surface area contributed by atoms with Crippen LogP contribution in [0.1, 0.15) is 51.4 Å². The van der Waals surface area contributed by atoms with Crippen LogP contribution in [0.3, 0.4) is 0 Å². The van der Waals surface area contributed by atoms with Gasteiger partial charge < -0.3 is 21.3 Å². The molecule has 0 rings (SSSR count). The molecule has 0 saturated heterocycles. The highest BCUT2D eigenvalue weighted by Gasteiger charge is 2.18. The smallest absolute Gasteiger partial charge is 0.326 e. The highest BCUT2D eigenvalue weighted by Crippen LogP contribution is 2.06. The Kier molecular flexibility index (Phi) is 10.3. The number of carboxylic acids is 2. The van der Waals surface area contributed by atoms with E-state index in [9.17, 15) is 14.4 Å². The Morgan fingerprint density at radius 1 is 0.950 bits per heavy atom. The molecule has 0 bridgehead atoms. The topological polar surface area (TPSA) is 130 Å². The van der Waals surface area contributed by atoms with Gasteiger partial charge in [-0.1, -0.05) is 12.8 Å². The van der Waals surface area contributed by atoms with E-state index in [0.29, 0.717) is 32.2 Å². The van der Waals surface area contributed by atoms with E-state index in [1.807, 2.05) is 0 Å². The van der Waals surface area contributed by atoms with Crippen molar-refractivity contribution in [2.45, 2.75) is 57.4 Å². The molecule has 1 atom stereocenters. The van der Waals surface area contributed by atoms with Crippen molar-refractivity contribution in [1.82, 2.24) is 5.32 Å². The summed E-state index contributed by atoms with van der Waals surface area (Å²) < 4.78 is 0. The molecule has 7 nitrogen and oxygen atoms in total. The minimum absolute atomic E-state index is 0.145. The van der Waals surface area contributed by atoms with Crippen LogP contribution in [0.4, 0.5) is 0 Å². The number of aliphatic carboxylic acids is 2. The Morgan fingerprint density at radius 2 is 1.55 bits per heavy atom. The number of hydrogen-bond acceptors (Lipinski definition) is 4. The summed E-state index contributed by atoms with van der Waals surface area (Å²) in [5.41, 5.74) is 5.31. The third-order valence-electron chi connectivity index (χ3n) is 2.87. The molecule has 116 valence electrons. The van der Waals surface area contributed by atoms with E-state index >= 15 is 0 Å². The van der Waals surface area contributed by atoms with E-state index in [2.05, 4.69) is 5.32 Å². The van der Waals surface area contributed by atoms with E-state index in [1.54, 1.807) is 0 Å². The fourth-order valence-electron chi connectivity index (χ4n) is 1.76. The molecule has 0 aromatic heterocycles.